The smallest absolute Gasteiger partial charge is 0.221 e. The third kappa shape index (κ3) is 7.19. The number of carbonyl (C=O) groups is 1. The standard InChI is InChI=1S/C21H33FN4O/c1-21(2,16-8-7-9-17(22)14-16)15-25-20(23-3)24-13-12-19(27)26-18-10-5-4-6-11-18/h7-9,14,18H,4-6,10-13,15H2,1-3H3,(H,26,27)(H2,23,24,25). The lowest BCUT2D eigenvalue weighted by atomic mass is 9.84. The number of hydrogen-bond donors (Lipinski definition) is 3. The van der Waals surface area contributed by atoms with Crippen molar-refractivity contribution in [1.82, 2.24) is 16.0 Å². The Morgan fingerprint density at radius 3 is 2.63 bits per heavy atom. The van der Waals surface area contributed by atoms with Gasteiger partial charge in [-0.15, -0.1) is 0 Å². The normalized spacial score (nSPS) is 16.1. The fourth-order valence-corrected chi connectivity index (χ4v) is 3.38. The van der Waals surface area contributed by atoms with Gasteiger partial charge in [0.05, 0.1) is 0 Å². The Labute approximate surface area is 162 Å². The van der Waals surface area contributed by atoms with Crippen molar-refractivity contribution in [2.45, 2.75) is 63.8 Å². The van der Waals surface area contributed by atoms with E-state index in [1.807, 2.05) is 6.07 Å². The second-order valence-electron chi connectivity index (χ2n) is 7.90. The van der Waals surface area contributed by atoms with Crippen LogP contribution in [0, 0.1) is 5.82 Å². The summed E-state index contributed by atoms with van der Waals surface area (Å²) in [7, 11) is 1.70. The molecule has 1 amide bonds. The first kappa shape index (κ1) is 21.2. The van der Waals surface area contributed by atoms with Gasteiger partial charge in [0.25, 0.3) is 0 Å². The number of hydrogen-bond acceptors (Lipinski definition) is 2. The monoisotopic (exact) mass is 376 g/mol. The van der Waals surface area contributed by atoms with Gasteiger partial charge in [0, 0.05) is 38.0 Å². The average Bonchev–Trinajstić information content (AvgIpc) is 2.65. The molecule has 0 aliphatic heterocycles. The summed E-state index contributed by atoms with van der Waals surface area (Å²) in [6, 6.07) is 7.01. The van der Waals surface area contributed by atoms with Gasteiger partial charge in [-0.1, -0.05) is 45.2 Å². The summed E-state index contributed by atoms with van der Waals surface area (Å²) in [5, 5.41) is 9.56. The third-order valence-corrected chi connectivity index (χ3v) is 5.14. The van der Waals surface area contributed by atoms with Crippen molar-refractivity contribution in [3.63, 3.8) is 0 Å². The van der Waals surface area contributed by atoms with E-state index in [2.05, 4.69) is 34.8 Å². The van der Waals surface area contributed by atoms with Gasteiger partial charge in [0.15, 0.2) is 5.96 Å². The Bertz CT molecular complexity index is 639. The number of aliphatic imine (C=N–C) groups is 1. The number of rotatable bonds is 7. The first-order chi connectivity index (χ1) is 12.9. The van der Waals surface area contributed by atoms with Crippen LogP contribution in [0.2, 0.25) is 0 Å². The summed E-state index contributed by atoms with van der Waals surface area (Å²) >= 11 is 0. The lowest BCUT2D eigenvalue weighted by molar-refractivity contribution is -0.121. The molecule has 1 saturated carbocycles. The largest absolute Gasteiger partial charge is 0.356 e. The molecule has 0 bridgehead atoms. The van der Waals surface area contributed by atoms with Gasteiger partial charge in [-0.25, -0.2) is 4.39 Å². The number of amides is 1. The molecule has 3 N–H and O–H groups in total. The number of carbonyl (C=O) groups excluding carboxylic acids is 1. The molecule has 5 nitrogen and oxygen atoms in total. The van der Waals surface area contributed by atoms with Crippen molar-refractivity contribution in [2.75, 3.05) is 20.1 Å². The topological polar surface area (TPSA) is 65.5 Å². The van der Waals surface area contributed by atoms with Gasteiger partial charge < -0.3 is 16.0 Å². The minimum atomic E-state index is -0.252. The molecule has 1 aromatic carbocycles. The summed E-state index contributed by atoms with van der Waals surface area (Å²) in [6.45, 7) is 5.24. The van der Waals surface area contributed by atoms with E-state index in [1.54, 1.807) is 19.2 Å². The highest BCUT2D eigenvalue weighted by atomic mass is 19.1. The van der Waals surface area contributed by atoms with Crippen LogP contribution in [0.5, 0.6) is 0 Å². The van der Waals surface area contributed by atoms with Crippen molar-refractivity contribution < 1.29 is 9.18 Å². The van der Waals surface area contributed by atoms with Crippen LogP contribution in [0.4, 0.5) is 4.39 Å². The molecule has 0 atom stereocenters. The number of nitrogens with one attached hydrogen (secondary N) is 3. The third-order valence-electron chi connectivity index (χ3n) is 5.14. The van der Waals surface area contributed by atoms with E-state index in [0.29, 0.717) is 31.5 Å². The first-order valence-corrected chi connectivity index (χ1v) is 9.90. The predicted octanol–water partition coefficient (Wildman–Crippen LogP) is 3.11. The van der Waals surface area contributed by atoms with E-state index in [1.165, 1.54) is 25.3 Å². The van der Waals surface area contributed by atoms with Crippen molar-refractivity contribution in [1.29, 1.82) is 0 Å². The van der Waals surface area contributed by atoms with Crippen molar-refractivity contribution in [3.05, 3.63) is 35.6 Å². The van der Waals surface area contributed by atoms with E-state index >= 15 is 0 Å². The van der Waals surface area contributed by atoms with E-state index in [-0.39, 0.29) is 17.1 Å². The Morgan fingerprint density at radius 1 is 1.22 bits per heavy atom. The summed E-state index contributed by atoms with van der Waals surface area (Å²) in [5.74, 6) is 0.502. The van der Waals surface area contributed by atoms with Crippen LogP contribution < -0.4 is 16.0 Å². The summed E-state index contributed by atoms with van der Waals surface area (Å²) < 4.78 is 13.5. The van der Waals surface area contributed by atoms with Gasteiger partial charge in [0.2, 0.25) is 5.91 Å². The lowest BCUT2D eigenvalue weighted by Gasteiger charge is -2.27. The molecule has 1 aliphatic rings. The van der Waals surface area contributed by atoms with Crippen molar-refractivity contribution in [2.24, 2.45) is 4.99 Å². The predicted molar refractivity (Wildman–Crippen MR) is 108 cm³/mol. The molecular weight excluding hydrogens is 343 g/mol. The lowest BCUT2D eigenvalue weighted by Crippen LogP contribution is -2.45. The zero-order valence-electron chi connectivity index (χ0n) is 16.8. The van der Waals surface area contributed by atoms with Crippen molar-refractivity contribution in [3.8, 4) is 0 Å². The molecule has 6 heteroatoms. The number of halogens is 1. The molecule has 150 valence electrons. The molecule has 0 aromatic heterocycles. The zero-order valence-corrected chi connectivity index (χ0v) is 16.8. The second-order valence-corrected chi connectivity index (χ2v) is 7.90. The van der Waals surface area contributed by atoms with Crippen LogP contribution in [-0.2, 0) is 10.2 Å². The molecule has 0 unspecified atom stereocenters. The molecule has 2 rings (SSSR count). The Balaban J connectivity index is 1.72. The van der Waals surface area contributed by atoms with Gasteiger partial charge >= 0.3 is 0 Å². The van der Waals surface area contributed by atoms with Gasteiger partial charge in [0.1, 0.15) is 5.82 Å². The van der Waals surface area contributed by atoms with Crippen LogP contribution in [0.1, 0.15) is 57.9 Å². The van der Waals surface area contributed by atoms with Crippen molar-refractivity contribution >= 4 is 11.9 Å². The van der Waals surface area contributed by atoms with Crippen LogP contribution in [-0.4, -0.2) is 38.0 Å². The minimum Gasteiger partial charge on any atom is -0.356 e. The zero-order chi connectivity index (χ0) is 19.7. The molecule has 27 heavy (non-hydrogen) atoms. The van der Waals surface area contributed by atoms with Crippen LogP contribution in [0.3, 0.4) is 0 Å². The van der Waals surface area contributed by atoms with E-state index in [4.69, 9.17) is 0 Å². The maximum absolute atomic E-state index is 13.5. The molecule has 0 heterocycles. The maximum atomic E-state index is 13.5. The molecule has 0 spiro atoms. The summed E-state index contributed by atoms with van der Waals surface area (Å²) in [5.41, 5.74) is 0.676. The highest BCUT2D eigenvalue weighted by molar-refractivity contribution is 5.81. The van der Waals surface area contributed by atoms with Crippen LogP contribution >= 0.6 is 0 Å². The van der Waals surface area contributed by atoms with E-state index < -0.39 is 0 Å². The molecule has 1 aromatic rings. The highest BCUT2D eigenvalue weighted by Crippen LogP contribution is 2.22. The Kier molecular flexibility index (Phi) is 8.07. The molecule has 1 fully saturated rings. The van der Waals surface area contributed by atoms with Gasteiger partial charge in [-0.05, 0) is 30.5 Å². The number of benzene rings is 1. The first-order valence-electron chi connectivity index (χ1n) is 9.90. The maximum Gasteiger partial charge on any atom is 0.221 e. The van der Waals surface area contributed by atoms with Gasteiger partial charge in [-0.2, -0.15) is 0 Å². The summed E-state index contributed by atoms with van der Waals surface area (Å²) in [6.07, 6.45) is 6.31. The highest BCUT2D eigenvalue weighted by Gasteiger charge is 2.21. The molecule has 0 radical (unpaired) electrons. The SMILES string of the molecule is CN=C(NCCC(=O)NC1CCCCC1)NCC(C)(C)c1cccc(F)c1. The van der Waals surface area contributed by atoms with Crippen LogP contribution in [0.25, 0.3) is 0 Å². The number of guanidine groups is 1. The molecular formula is C21H33FN4O. The van der Waals surface area contributed by atoms with Gasteiger partial charge in [-0.3, -0.25) is 9.79 Å². The molecule has 0 saturated heterocycles. The second kappa shape index (κ2) is 10.3. The van der Waals surface area contributed by atoms with E-state index in [9.17, 15) is 9.18 Å². The fourth-order valence-electron chi connectivity index (χ4n) is 3.38. The average molecular weight is 377 g/mol. The Morgan fingerprint density at radius 2 is 1.96 bits per heavy atom. The minimum absolute atomic E-state index is 0.0879. The summed E-state index contributed by atoms with van der Waals surface area (Å²) in [4.78, 5) is 16.3. The molecule has 1 aliphatic carbocycles. The Hall–Kier alpha value is -2.11. The van der Waals surface area contributed by atoms with Crippen LogP contribution in [0.15, 0.2) is 29.3 Å². The fraction of sp³-hybridized carbons (Fsp3) is 0.619. The van der Waals surface area contributed by atoms with E-state index in [0.717, 1.165) is 18.4 Å². The quantitative estimate of drug-likeness (QED) is 0.506. The number of nitrogens with zero attached hydrogens (tertiary/aromatic N) is 1.